The maximum atomic E-state index is 13.2. The number of aromatic nitrogens is 1. The molecule has 0 radical (unpaired) electrons. The maximum Gasteiger partial charge on any atom is 0.257 e. The van der Waals surface area contributed by atoms with E-state index in [2.05, 4.69) is 16.5 Å². The maximum absolute atomic E-state index is 13.2. The van der Waals surface area contributed by atoms with E-state index < -0.39 is 0 Å². The molecule has 0 aliphatic heterocycles. The molecule has 0 spiro atoms. The zero-order valence-corrected chi connectivity index (χ0v) is 18.2. The number of carbonyl (C=O) groups excluding carboxylic acids is 1. The first-order valence-electron chi connectivity index (χ1n) is 10.6. The summed E-state index contributed by atoms with van der Waals surface area (Å²) in [5.74, 6) is 1.77. The smallest absolute Gasteiger partial charge is 0.257 e. The molecule has 1 aromatic heterocycles. The van der Waals surface area contributed by atoms with Gasteiger partial charge in [-0.1, -0.05) is 54.4 Å². The molecule has 31 heavy (non-hydrogen) atoms. The topological polar surface area (TPSA) is 73.6 Å². The number of methoxy groups -OCH3 is 2. The minimum atomic E-state index is -0.163. The molecule has 1 amide bonds. The van der Waals surface area contributed by atoms with Crippen molar-refractivity contribution in [2.75, 3.05) is 20.8 Å². The second-order valence-corrected chi connectivity index (χ2v) is 8.07. The van der Waals surface area contributed by atoms with E-state index in [0.29, 0.717) is 35.1 Å². The van der Waals surface area contributed by atoms with Gasteiger partial charge in [0.2, 0.25) is 0 Å². The Balaban J connectivity index is 1.59. The molecule has 0 unspecified atom stereocenters. The Labute approximate surface area is 182 Å². The van der Waals surface area contributed by atoms with E-state index in [1.165, 1.54) is 0 Å². The summed E-state index contributed by atoms with van der Waals surface area (Å²) < 4.78 is 16.3. The molecule has 1 fully saturated rings. The van der Waals surface area contributed by atoms with Gasteiger partial charge in [0.05, 0.1) is 14.2 Å². The summed E-state index contributed by atoms with van der Waals surface area (Å²) in [5.41, 5.74) is 2.95. The van der Waals surface area contributed by atoms with Crippen molar-refractivity contribution in [2.24, 2.45) is 0 Å². The molecule has 6 heteroatoms. The van der Waals surface area contributed by atoms with Gasteiger partial charge in [0.1, 0.15) is 17.0 Å². The predicted molar refractivity (Wildman–Crippen MR) is 119 cm³/mol. The van der Waals surface area contributed by atoms with Crippen molar-refractivity contribution in [1.82, 2.24) is 10.5 Å². The van der Waals surface area contributed by atoms with E-state index in [1.54, 1.807) is 21.1 Å². The van der Waals surface area contributed by atoms with Crippen LogP contribution in [-0.4, -0.2) is 31.8 Å². The molecular formula is C25H28N2O4. The van der Waals surface area contributed by atoms with E-state index in [9.17, 15) is 4.79 Å². The minimum absolute atomic E-state index is 0.132. The van der Waals surface area contributed by atoms with Crippen LogP contribution < -0.4 is 14.8 Å². The zero-order valence-electron chi connectivity index (χ0n) is 18.2. The monoisotopic (exact) mass is 420 g/mol. The molecule has 0 bridgehead atoms. The molecule has 1 aliphatic rings. The van der Waals surface area contributed by atoms with Crippen LogP contribution in [0.5, 0.6) is 11.5 Å². The highest BCUT2D eigenvalue weighted by Crippen LogP contribution is 2.43. The van der Waals surface area contributed by atoms with Gasteiger partial charge in [-0.25, -0.2) is 0 Å². The summed E-state index contributed by atoms with van der Waals surface area (Å²) in [4.78, 5) is 13.2. The third-order valence-corrected chi connectivity index (χ3v) is 6.28. The van der Waals surface area contributed by atoms with Crippen molar-refractivity contribution in [3.63, 3.8) is 0 Å². The quantitative estimate of drug-likeness (QED) is 0.588. The Bertz CT molecular complexity index is 1050. The van der Waals surface area contributed by atoms with Crippen molar-refractivity contribution in [3.05, 3.63) is 65.4 Å². The van der Waals surface area contributed by atoms with E-state index in [-0.39, 0.29) is 11.3 Å². The van der Waals surface area contributed by atoms with Gasteiger partial charge in [0.15, 0.2) is 11.5 Å². The van der Waals surface area contributed by atoms with Gasteiger partial charge in [-0.2, -0.15) is 0 Å². The molecule has 6 nitrogen and oxygen atoms in total. The molecule has 1 aliphatic carbocycles. The van der Waals surface area contributed by atoms with Crippen molar-refractivity contribution < 1.29 is 18.8 Å². The SMILES string of the molecule is COc1ccc(C2(CNC(=O)c3c(-c4ccccc4)noc3C)CCCC2)cc1OC. The first-order chi connectivity index (χ1) is 15.1. The highest BCUT2D eigenvalue weighted by atomic mass is 16.5. The average Bonchev–Trinajstić information content (AvgIpc) is 3.45. The molecule has 162 valence electrons. The van der Waals surface area contributed by atoms with Crippen LogP contribution in [0.3, 0.4) is 0 Å². The van der Waals surface area contributed by atoms with Gasteiger partial charge in [0, 0.05) is 17.5 Å². The van der Waals surface area contributed by atoms with Crippen molar-refractivity contribution >= 4 is 5.91 Å². The molecule has 1 saturated carbocycles. The van der Waals surface area contributed by atoms with E-state index in [1.807, 2.05) is 42.5 Å². The first kappa shape index (κ1) is 21.0. The Morgan fingerprint density at radius 1 is 1.06 bits per heavy atom. The molecular weight excluding hydrogens is 392 g/mol. The van der Waals surface area contributed by atoms with Gasteiger partial charge in [-0.15, -0.1) is 0 Å². The van der Waals surface area contributed by atoms with Gasteiger partial charge in [0.25, 0.3) is 5.91 Å². The summed E-state index contributed by atoms with van der Waals surface area (Å²) >= 11 is 0. The van der Waals surface area contributed by atoms with Crippen LogP contribution in [0.1, 0.15) is 47.4 Å². The minimum Gasteiger partial charge on any atom is -0.493 e. The van der Waals surface area contributed by atoms with Crippen LogP contribution in [0.15, 0.2) is 53.1 Å². The summed E-state index contributed by atoms with van der Waals surface area (Å²) in [7, 11) is 3.28. The summed E-state index contributed by atoms with van der Waals surface area (Å²) in [6.07, 6.45) is 4.28. The third kappa shape index (κ3) is 4.02. The fourth-order valence-electron chi connectivity index (χ4n) is 4.56. The Kier molecular flexibility index (Phi) is 5.98. The summed E-state index contributed by atoms with van der Waals surface area (Å²) in [5, 5.41) is 7.31. The Morgan fingerprint density at radius 3 is 2.45 bits per heavy atom. The number of nitrogens with one attached hydrogen (secondary N) is 1. The molecule has 0 atom stereocenters. The highest BCUT2D eigenvalue weighted by Gasteiger charge is 2.37. The van der Waals surface area contributed by atoms with Crippen LogP contribution in [0.4, 0.5) is 0 Å². The van der Waals surface area contributed by atoms with Gasteiger partial charge < -0.3 is 19.3 Å². The number of hydrogen-bond donors (Lipinski definition) is 1. The third-order valence-electron chi connectivity index (χ3n) is 6.28. The lowest BCUT2D eigenvalue weighted by Gasteiger charge is -2.30. The lowest BCUT2D eigenvalue weighted by Crippen LogP contribution is -2.39. The molecule has 3 aromatic rings. The van der Waals surface area contributed by atoms with Crippen LogP contribution >= 0.6 is 0 Å². The second-order valence-electron chi connectivity index (χ2n) is 8.07. The Morgan fingerprint density at radius 2 is 1.77 bits per heavy atom. The van der Waals surface area contributed by atoms with Crippen LogP contribution in [0.25, 0.3) is 11.3 Å². The number of carbonyl (C=O) groups is 1. The molecule has 4 rings (SSSR count). The van der Waals surface area contributed by atoms with E-state index in [4.69, 9.17) is 14.0 Å². The number of amides is 1. The Hall–Kier alpha value is -3.28. The number of nitrogens with zero attached hydrogens (tertiary/aromatic N) is 1. The fraction of sp³-hybridized carbons (Fsp3) is 0.360. The molecule has 1 N–H and O–H groups in total. The van der Waals surface area contributed by atoms with Crippen molar-refractivity contribution in [3.8, 4) is 22.8 Å². The summed E-state index contributed by atoms with van der Waals surface area (Å²) in [6, 6.07) is 15.7. The van der Waals surface area contributed by atoms with Crippen molar-refractivity contribution in [1.29, 1.82) is 0 Å². The highest BCUT2D eigenvalue weighted by molar-refractivity contribution is 6.00. The number of benzene rings is 2. The fourth-order valence-corrected chi connectivity index (χ4v) is 4.56. The number of rotatable bonds is 7. The molecule has 2 aromatic carbocycles. The number of hydrogen-bond acceptors (Lipinski definition) is 5. The summed E-state index contributed by atoms with van der Waals surface area (Å²) in [6.45, 7) is 2.31. The van der Waals surface area contributed by atoms with Crippen molar-refractivity contribution in [2.45, 2.75) is 38.0 Å². The van der Waals surface area contributed by atoms with Gasteiger partial charge in [-0.05, 0) is 37.5 Å². The lowest BCUT2D eigenvalue weighted by molar-refractivity contribution is 0.0942. The largest absolute Gasteiger partial charge is 0.493 e. The zero-order chi connectivity index (χ0) is 21.8. The first-order valence-corrected chi connectivity index (χ1v) is 10.6. The van der Waals surface area contributed by atoms with Crippen LogP contribution in [0, 0.1) is 6.92 Å². The standard InChI is InChI=1S/C25H28N2O4/c1-17-22(23(27-31-17)18-9-5-4-6-10-18)24(28)26-16-25(13-7-8-14-25)19-11-12-20(29-2)21(15-19)30-3/h4-6,9-12,15H,7-8,13-14,16H2,1-3H3,(H,26,28). The number of aryl methyl sites for hydroxylation is 1. The lowest BCUT2D eigenvalue weighted by atomic mass is 9.78. The average molecular weight is 421 g/mol. The predicted octanol–water partition coefficient (Wildman–Crippen LogP) is 4.91. The van der Waals surface area contributed by atoms with Gasteiger partial charge in [-0.3, -0.25) is 4.79 Å². The molecule has 1 heterocycles. The van der Waals surface area contributed by atoms with E-state index in [0.717, 1.165) is 36.8 Å². The van der Waals surface area contributed by atoms with Gasteiger partial charge >= 0.3 is 0 Å². The van der Waals surface area contributed by atoms with Crippen LogP contribution in [-0.2, 0) is 5.41 Å². The second kappa shape index (κ2) is 8.84. The van der Waals surface area contributed by atoms with Crippen LogP contribution in [0.2, 0.25) is 0 Å². The van der Waals surface area contributed by atoms with E-state index >= 15 is 0 Å². The molecule has 0 saturated heterocycles. The number of ether oxygens (including phenoxy) is 2. The normalized spacial score (nSPS) is 14.9.